The van der Waals surface area contributed by atoms with Gasteiger partial charge in [0.1, 0.15) is 0 Å². The fraction of sp³-hybridized carbons (Fsp3) is 0.611. The molecule has 2 aliphatic heterocycles. The molecule has 2 saturated heterocycles. The molecule has 2 atom stereocenters. The number of halogens is 1. The predicted octanol–water partition coefficient (Wildman–Crippen LogP) is 3.62. The number of amides is 1. The molecule has 1 amide bonds. The molecule has 1 N–H and O–H groups in total. The van der Waals surface area contributed by atoms with Crippen LogP contribution in [0.3, 0.4) is 0 Å². The van der Waals surface area contributed by atoms with Gasteiger partial charge < -0.3 is 5.32 Å². The first-order valence-electron chi connectivity index (χ1n) is 8.55. The highest BCUT2D eigenvalue weighted by Gasteiger charge is 2.45. The molecule has 3 fully saturated rings. The molecule has 4 rings (SSSR count). The van der Waals surface area contributed by atoms with Gasteiger partial charge in [-0.25, -0.2) is 0 Å². The summed E-state index contributed by atoms with van der Waals surface area (Å²) in [7, 11) is 0. The molecule has 2 heterocycles. The molecule has 1 aromatic rings. The molecule has 0 spiro atoms. The summed E-state index contributed by atoms with van der Waals surface area (Å²) in [5.41, 5.74) is 0.596. The van der Waals surface area contributed by atoms with Gasteiger partial charge in [-0.15, -0.1) is 0 Å². The molecule has 1 aliphatic carbocycles. The van der Waals surface area contributed by atoms with Gasteiger partial charge >= 0.3 is 0 Å². The Hall–Kier alpha value is -1.06. The van der Waals surface area contributed by atoms with Crippen LogP contribution in [0.25, 0.3) is 0 Å². The number of rotatable bonds is 3. The average Bonchev–Trinajstić information content (AvgIpc) is 3.31. The average molecular weight is 319 g/mol. The lowest BCUT2D eigenvalue weighted by Crippen LogP contribution is -2.57. The SMILES string of the molecule is O=C(NC1C[C@H]2CCC[C@H](C1)N2C1CC1)c1ccccc1Cl. The molecule has 0 radical (unpaired) electrons. The van der Waals surface area contributed by atoms with Crippen LogP contribution < -0.4 is 5.32 Å². The number of carbonyl (C=O) groups excluding carboxylic acids is 1. The van der Waals surface area contributed by atoms with Gasteiger partial charge in [0, 0.05) is 24.2 Å². The summed E-state index contributed by atoms with van der Waals surface area (Å²) < 4.78 is 0. The smallest absolute Gasteiger partial charge is 0.253 e. The van der Waals surface area contributed by atoms with Crippen molar-refractivity contribution >= 4 is 17.5 Å². The Bertz CT molecular complexity index is 558. The second-order valence-electron chi connectivity index (χ2n) is 7.04. The second-order valence-corrected chi connectivity index (χ2v) is 7.45. The summed E-state index contributed by atoms with van der Waals surface area (Å²) in [5, 5.41) is 3.77. The van der Waals surface area contributed by atoms with Crippen LogP contribution >= 0.6 is 11.6 Å². The van der Waals surface area contributed by atoms with Gasteiger partial charge in [-0.2, -0.15) is 0 Å². The molecule has 1 aromatic carbocycles. The molecular weight excluding hydrogens is 296 g/mol. The Morgan fingerprint density at radius 2 is 1.73 bits per heavy atom. The summed E-state index contributed by atoms with van der Waals surface area (Å²) in [6.45, 7) is 0. The fourth-order valence-electron chi connectivity index (χ4n) is 4.41. The molecule has 4 heteroatoms. The zero-order valence-electron chi connectivity index (χ0n) is 12.8. The van der Waals surface area contributed by atoms with Crippen LogP contribution in [0.5, 0.6) is 0 Å². The van der Waals surface area contributed by atoms with Crippen molar-refractivity contribution in [3.05, 3.63) is 34.9 Å². The zero-order valence-corrected chi connectivity index (χ0v) is 13.6. The number of benzene rings is 1. The van der Waals surface area contributed by atoms with Crippen molar-refractivity contribution in [2.45, 2.75) is 69.1 Å². The van der Waals surface area contributed by atoms with Gasteiger partial charge in [-0.3, -0.25) is 9.69 Å². The first-order chi connectivity index (χ1) is 10.7. The van der Waals surface area contributed by atoms with Crippen LogP contribution in [-0.2, 0) is 0 Å². The Morgan fingerprint density at radius 1 is 1.05 bits per heavy atom. The highest BCUT2D eigenvalue weighted by Crippen LogP contribution is 2.41. The van der Waals surface area contributed by atoms with E-state index in [2.05, 4.69) is 10.2 Å². The van der Waals surface area contributed by atoms with E-state index in [0.29, 0.717) is 28.7 Å². The summed E-state index contributed by atoms with van der Waals surface area (Å²) in [6.07, 6.45) is 8.90. The maximum atomic E-state index is 12.5. The molecule has 3 aliphatic rings. The van der Waals surface area contributed by atoms with Crippen molar-refractivity contribution in [2.24, 2.45) is 0 Å². The summed E-state index contributed by atoms with van der Waals surface area (Å²) in [6, 6.07) is 9.80. The number of nitrogens with one attached hydrogen (secondary N) is 1. The highest BCUT2D eigenvalue weighted by atomic mass is 35.5. The van der Waals surface area contributed by atoms with Gasteiger partial charge in [0.05, 0.1) is 10.6 Å². The van der Waals surface area contributed by atoms with E-state index in [-0.39, 0.29) is 5.91 Å². The highest BCUT2D eigenvalue weighted by molar-refractivity contribution is 6.33. The fourth-order valence-corrected chi connectivity index (χ4v) is 4.63. The third-order valence-electron chi connectivity index (χ3n) is 5.45. The zero-order chi connectivity index (χ0) is 15.1. The Kier molecular flexibility index (Phi) is 3.87. The van der Waals surface area contributed by atoms with Crippen LogP contribution in [0.4, 0.5) is 0 Å². The van der Waals surface area contributed by atoms with Crippen molar-refractivity contribution in [3.63, 3.8) is 0 Å². The van der Waals surface area contributed by atoms with Gasteiger partial charge in [-0.05, 0) is 50.7 Å². The molecule has 1 saturated carbocycles. The Morgan fingerprint density at radius 3 is 2.36 bits per heavy atom. The van der Waals surface area contributed by atoms with Crippen molar-refractivity contribution in [3.8, 4) is 0 Å². The van der Waals surface area contributed by atoms with Crippen molar-refractivity contribution in [1.82, 2.24) is 10.2 Å². The Balaban J connectivity index is 1.44. The largest absolute Gasteiger partial charge is 0.349 e. The first-order valence-corrected chi connectivity index (χ1v) is 8.93. The molecule has 0 unspecified atom stereocenters. The number of fused-ring (bicyclic) bond motifs is 2. The predicted molar refractivity (Wildman–Crippen MR) is 88.2 cm³/mol. The Labute approximate surface area is 137 Å². The minimum atomic E-state index is -0.0199. The van der Waals surface area contributed by atoms with E-state index in [1.165, 1.54) is 32.1 Å². The van der Waals surface area contributed by atoms with E-state index in [1.54, 1.807) is 12.1 Å². The van der Waals surface area contributed by atoms with Gasteiger partial charge in [0.25, 0.3) is 5.91 Å². The topological polar surface area (TPSA) is 32.3 Å². The van der Waals surface area contributed by atoms with E-state index in [1.807, 2.05) is 12.1 Å². The second kappa shape index (κ2) is 5.86. The minimum absolute atomic E-state index is 0.0199. The van der Waals surface area contributed by atoms with Crippen molar-refractivity contribution < 1.29 is 4.79 Å². The standard InChI is InChI=1S/C18H23ClN2O/c19-17-7-2-1-6-16(17)18(22)20-12-10-14-4-3-5-15(11-12)21(14)13-8-9-13/h1-2,6-7,12-15H,3-5,8-11H2,(H,20,22)/t14-,15-/m1/s1. The minimum Gasteiger partial charge on any atom is -0.349 e. The van der Waals surface area contributed by atoms with Crippen LogP contribution in [-0.4, -0.2) is 35.0 Å². The van der Waals surface area contributed by atoms with Crippen LogP contribution in [0.15, 0.2) is 24.3 Å². The first kappa shape index (κ1) is 14.5. The molecule has 118 valence electrons. The van der Waals surface area contributed by atoms with E-state index in [0.717, 1.165) is 18.9 Å². The van der Waals surface area contributed by atoms with Crippen LogP contribution in [0, 0.1) is 0 Å². The third-order valence-corrected chi connectivity index (χ3v) is 5.78. The van der Waals surface area contributed by atoms with Gasteiger partial charge in [-0.1, -0.05) is 30.2 Å². The number of nitrogens with zero attached hydrogens (tertiary/aromatic N) is 1. The number of carbonyl (C=O) groups is 1. The number of hydrogen-bond donors (Lipinski definition) is 1. The molecule has 3 nitrogen and oxygen atoms in total. The molecule has 0 aromatic heterocycles. The van der Waals surface area contributed by atoms with E-state index < -0.39 is 0 Å². The third kappa shape index (κ3) is 2.77. The monoisotopic (exact) mass is 318 g/mol. The van der Waals surface area contributed by atoms with E-state index in [9.17, 15) is 4.79 Å². The lowest BCUT2D eigenvalue weighted by molar-refractivity contribution is 0.0175. The molecular formula is C18H23ClN2O. The molecule has 22 heavy (non-hydrogen) atoms. The summed E-state index contributed by atoms with van der Waals surface area (Å²) in [5.74, 6) is -0.0199. The normalized spacial score (nSPS) is 31.8. The summed E-state index contributed by atoms with van der Waals surface area (Å²) in [4.78, 5) is 15.3. The van der Waals surface area contributed by atoms with Crippen LogP contribution in [0.1, 0.15) is 55.3 Å². The maximum Gasteiger partial charge on any atom is 0.253 e. The maximum absolute atomic E-state index is 12.5. The van der Waals surface area contributed by atoms with E-state index >= 15 is 0 Å². The quantitative estimate of drug-likeness (QED) is 0.923. The molecule has 2 bridgehead atoms. The van der Waals surface area contributed by atoms with Gasteiger partial charge in [0.15, 0.2) is 0 Å². The van der Waals surface area contributed by atoms with E-state index in [4.69, 9.17) is 11.6 Å². The van der Waals surface area contributed by atoms with Crippen molar-refractivity contribution in [1.29, 1.82) is 0 Å². The number of piperidine rings is 2. The lowest BCUT2D eigenvalue weighted by Gasteiger charge is -2.49. The van der Waals surface area contributed by atoms with Crippen LogP contribution in [0.2, 0.25) is 5.02 Å². The summed E-state index contributed by atoms with van der Waals surface area (Å²) >= 11 is 6.14. The number of hydrogen-bond acceptors (Lipinski definition) is 2. The van der Waals surface area contributed by atoms with Gasteiger partial charge in [0.2, 0.25) is 0 Å². The lowest BCUT2D eigenvalue weighted by atomic mass is 9.81. The van der Waals surface area contributed by atoms with Crippen molar-refractivity contribution in [2.75, 3.05) is 0 Å².